The van der Waals surface area contributed by atoms with Crippen molar-refractivity contribution in [3.63, 3.8) is 0 Å². The molecule has 0 fully saturated rings. The third-order valence-corrected chi connectivity index (χ3v) is 3.84. The minimum Gasteiger partial charge on any atom is -0.497 e. The number of ether oxygens (including phenoxy) is 1. The Labute approximate surface area is 127 Å². The van der Waals surface area contributed by atoms with Crippen LogP contribution < -0.4 is 10.1 Å². The summed E-state index contributed by atoms with van der Waals surface area (Å²) in [6.07, 6.45) is 1.04. The standard InChI is InChI=1S/C17H25N3O/c1-12(11-18-4)9-17-13(2)19-20(14(17)3)15-7-6-8-16(10-15)21-5/h6-8,10,12,18H,9,11H2,1-5H3. The predicted molar refractivity (Wildman–Crippen MR) is 86.4 cm³/mol. The number of nitrogens with zero attached hydrogens (tertiary/aromatic N) is 2. The quantitative estimate of drug-likeness (QED) is 0.888. The molecule has 0 spiro atoms. The van der Waals surface area contributed by atoms with Gasteiger partial charge < -0.3 is 10.1 Å². The van der Waals surface area contributed by atoms with Crippen molar-refractivity contribution in [3.8, 4) is 11.4 Å². The van der Waals surface area contributed by atoms with Crippen LogP contribution in [0.1, 0.15) is 23.9 Å². The number of aromatic nitrogens is 2. The Morgan fingerprint density at radius 2 is 2.10 bits per heavy atom. The molecule has 1 heterocycles. The monoisotopic (exact) mass is 287 g/mol. The number of hydrogen-bond acceptors (Lipinski definition) is 3. The maximum atomic E-state index is 5.30. The van der Waals surface area contributed by atoms with Gasteiger partial charge in [0.05, 0.1) is 18.5 Å². The van der Waals surface area contributed by atoms with Crippen LogP contribution in [0.25, 0.3) is 5.69 Å². The van der Waals surface area contributed by atoms with Gasteiger partial charge in [-0.15, -0.1) is 0 Å². The van der Waals surface area contributed by atoms with Crippen molar-refractivity contribution in [2.75, 3.05) is 20.7 Å². The van der Waals surface area contributed by atoms with Crippen molar-refractivity contribution >= 4 is 0 Å². The highest BCUT2D eigenvalue weighted by molar-refractivity contribution is 5.42. The number of aryl methyl sites for hydroxylation is 1. The molecule has 0 aliphatic carbocycles. The van der Waals surface area contributed by atoms with E-state index in [4.69, 9.17) is 9.84 Å². The van der Waals surface area contributed by atoms with E-state index in [-0.39, 0.29) is 0 Å². The zero-order valence-electron chi connectivity index (χ0n) is 13.6. The number of methoxy groups -OCH3 is 1. The third-order valence-electron chi connectivity index (χ3n) is 3.84. The smallest absolute Gasteiger partial charge is 0.121 e. The van der Waals surface area contributed by atoms with E-state index in [1.807, 2.05) is 29.9 Å². The Kier molecular flexibility index (Phi) is 5.02. The number of nitrogens with one attached hydrogen (secondary N) is 1. The Morgan fingerprint density at radius 3 is 2.76 bits per heavy atom. The Hall–Kier alpha value is -1.81. The molecule has 4 heteroatoms. The van der Waals surface area contributed by atoms with E-state index < -0.39 is 0 Å². The summed E-state index contributed by atoms with van der Waals surface area (Å²) in [6, 6.07) is 8.02. The molecule has 0 aliphatic rings. The van der Waals surface area contributed by atoms with Crippen LogP contribution in [-0.2, 0) is 6.42 Å². The summed E-state index contributed by atoms with van der Waals surface area (Å²) in [5.74, 6) is 1.44. The minimum absolute atomic E-state index is 0.593. The van der Waals surface area contributed by atoms with Crippen LogP contribution in [0, 0.1) is 19.8 Å². The highest BCUT2D eigenvalue weighted by atomic mass is 16.5. The zero-order valence-corrected chi connectivity index (χ0v) is 13.6. The molecule has 0 aliphatic heterocycles. The molecule has 4 nitrogen and oxygen atoms in total. The molecule has 0 saturated heterocycles. The van der Waals surface area contributed by atoms with E-state index in [0.29, 0.717) is 5.92 Å². The second kappa shape index (κ2) is 6.76. The maximum absolute atomic E-state index is 5.30. The van der Waals surface area contributed by atoms with Gasteiger partial charge in [-0.3, -0.25) is 0 Å². The fraction of sp³-hybridized carbons (Fsp3) is 0.471. The van der Waals surface area contributed by atoms with Crippen molar-refractivity contribution < 1.29 is 4.74 Å². The molecule has 21 heavy (non-hydrogen) atoms. The van der Waals surface area contributed by atoms with Gasteiger partial charge in [-0.05, 0) is 57.5 Å². The number of hydrogen-bond donors (Lipinski definition) is 1. The normalized spacial score (nSPS) is 12.4. The number of rotatable bonds is 6. The topological polar surface area (TPSA) is 39.1 Å². The zero-order chi connectivity index (χ0) is 15.4. The van der Waals surface area contributed by atoms with Gasteiger partial charge >= 0.3 is 0 Å². The molecule has 1 unspecified atom stereocenters. The lowest BCUT2D eigenvalue weighted by Gasteiger charge is -2.11. The Morgan fingerprint density at radius 1 is 1.33 bits per heavy atom. The van der Waals surface area contributed by atoms with Crippen molar-refractivity contribution in [2.45, 2.75) is 27.2 Å². The average molecular weight is 287 g/mol. The van der Waals surface area contributed by atoms with Gasteiger partial charge in [0.15, 0.2) is 0 Å². The van der Waals surface area contributed by atoms with E-state index >= 15 is 0 Å². The number of benzene rings is 1. The first-order valence-electron chi connectivity index (χ1n) is 7.41. The Bertz CT molecular complexity index is 604. The molecule has 1 atom stereocenters. The molecule has 2 rings (SSSR count). The van der Waals surface area contributed by atoms with Crippen molar-refractivity contribution in [1.29, 1.82) is 0 Å². The SMILES string of the molecule is CNCC(C)Cc1c(C)nn(-c2cccc(OC)c2)c1C. The molecule has 0 saturated carbocycles. The molecule has 0 bridgehead atoms. The van der Waals surface area contributed by atoms with Crippen molar-refractivity contribution in [1.82, 2.24) is 15.1 Å². The molecular formula is C17H25N3O. The van der Waals surface area contributed by atoms with Gasteiger partial charge in [-0.25, -0.2) is 4.68 Å². The second-order valence-corrected chi connectivity index (χ2v) is 5.63. The molecule has 114 valence electrons. The van der Waals surface area contributed by atoms with E-state index in [9.17, 15) is 0 Å². The summed E-state index contributed by atoms with van der Waals surface area (Å²) in [4.78, 5) is 0. The first-order valence-corrected chi connectivity index (χ1v) is 7.41. The van der Waals surface area contributed by atoms with Crippen molar-refractivity contribution in [3.05, 3.63) is 41.2 Å². The van der Waals surface area contributed by atoms with Gasteiger partial charge in [-0.2, -0.15) is 5.10 Å². The van der Waals surface area contributed by atoms with Crippen LogP contribution in [-0.4, -0.2) is 30.5 Å². The fourth-order valence-corrected chi connectivity index (χ4v) is 2.73. The fourth-order valence-electron chi connectivity index (χ4n) is 2.73. The summed E-state index contributed by atoms with van der Waals surface area (Å²) in [5, 5.41) is 7.95. The summed E-state index contributed by atoms with van der Waals surface area (Å²) >= 11 is 0. The third kappa shape index (κ3) is 3.45. The minimum atomic E-state index is 0.593. The van der Waals surface area contributed by atoms with Crippen molar-refractivity contribution in [2.24, 2.45) is 5.92 Å². The van der Waals surface area contributed by atoms with Gasteiger partial charge in [-0.1, -0.05) is 13.0 Å². The summed E-state index contributed by atoms with van der Waals surface area (Å²) in [6.45, 7) is 7.51. The molecule has 1 aromatic carbocycles. The Balaban J connectivity index is 2.33. The average Bonchev–Trinajstić information content (AvgIpc) is 2.76. The highest BCUT2D eigenvalue weighted by Gasteiger charge is 2.15. The molecule has 1 N–H and O–H groups in total. The van der Waals surface area contributed by atoms with Gasteiger partial charge in [0, 0.05) is 11.8 Å². The summed E-state index contributed by atoms with van der Waals surface area (Å²) in [7, 11) is 3.68. The van der Waals surface area contributed by atoms with Crippen LogP contribution in [0.2, 0.25) is 0 Å². The lowest BCUT2D eigenvalue weighted by atomic mass is 9.99. The van der Waals surface area contributed by atoms with Gasteiger partial charge in [0.2, 0.25) is 0 Å². The first kappa shape index (κ1) is 15.6. The summed E-state index contributed by atoms with van der Waals surface area (Å²) in [5.41, 5.74) is 4.71. The van der Waals surface area contributed by atoms with Gasteiger partial charge in [0.1, 0.15) is 5.75 Å². The van der Waals surface area contributed by atoms with Crippen LogP contribution in [0.5, 0.6) is 5.75 Å². The lowest BCUT2D eigenvalue weighted by Crippen LogP contribution is -2.18. The molecule has 0 amide bonds. The molecule has 2 aromatic rings. The molecule has 0 radical (unpaired) electrons. The van der Waals surface area contributed by atoms with Crippen LogP contribution >= 0.6 is 0 Å². The van der Waals surface area contributed by atoms with Gasteiger partial charge in [0.25, 0.3) is 0 Å². The van der Waals surface area contributed by atoms with E-state index in [0.717, 1.165) is 30.1 Å². The maximum Gasteiger partial charge on any atom is 0.121 e. The van der Waals surface area contributed by atoms with E-state index in [2.05, 4.69) is 32.2 Å². The largest absolute Gasteiger partial charge is 0.497 e. The molecular weight excluding hydrogens is 262 g/mol. The first-order chi connectivity index (χ1) is 10.1. The highest BCUT2D eigenvalue weighted by Crippen LogP contribution is 2.23. The lowest BCUT2D eigenvalue weighted by molar-refractivity contribution is 0.414. The summed E-state index contributed by atoms with van der Waals surface area (Å²) < 4.78 is 7.31. The second-order valence-electron chi connectivity index (χ2n) is 5.63. The predicted octanol–water partition coefficient (Wildman–Crippen LogP) is 2.90. The van der Waals surface area contributed by atoms with E-state index in [1.54, 1.807) is 7.11 Å². The van der Waals surface area contributed by atoms with Crippen LogP contribution in [0.4, 0.5) is 0 Å². The van der Waals surface area contributed by atoms with Crippen LogP contribution in [0.3, 0.4) is 0 Å². The molecule has 1 aromatic heterocycles. The van der Waals surface area contributed by atoms with E-state index in [1.165, 1.54) is 11.3 Å². The van der Waals surface area contributed by atoms with Crippen LogP contribution in [0.15, 0.2) is 24.3 Å².